The van der Waals surface area contributed by atoms with Gasteiger partial charge < -0.3 is 10.0 Å². The van der Waals surface area contributed by atoms with Crippen LogP contribution in [0.25, 0.3) is 10.8 Å². The third kappa shape index (κ3) is 1.71. The SMILES string of the molecule is Cc1c2c(c3ccccc3c1O)N1CCCN=C1S2.Cl. The first kappa shape index (κ1) is 13.6. The highest BCUT2D eigenvalue weighted by molar-refractivity contribution is 8.14. The standard InChI is InChI=1S/C15H14N2OS.ClH/c1-9-13(18)11-6-3-2-5-10(11)12-14(9)19-15-16-7-4-8-17(12)15;/h2-3,5-6,18H,4,7-8H2,1H3;1H. The van der Waals surface area contributed by atoms with E-state index in [0.29, 0.717) is 5.75 Å². The average molecular weight is 307 g/mol. The summed E-state index contributed by atoms with van der Waals surface area (Å²) in [5.41, 5.74) is 2.20. The molecule has 3 nitrogen and oxygen atoms in total. The van der Waals surface area contributed by atoms with Gasteiger partial charge in [-0.05, 0) is 25.1 Å². The molecule has 104 valence electrons. The lowest BCUT2D eigenvalue weighted by molar-refractivity contribution is 0.476. The number of halogens is 1. The second-order valence-electron chi connectivity index (χ2n) is 4.97. The van der Waals surface area contributed by atoms with Crippen LogP contribution in [0.2, 0.25) is 0 Å². The normalized spacial score (nSPS) is 16.4. The molecule has 0 saturated heterocycles. The molecule has 0 unspecified atom stereocenters. The van der Waals surface area contributed by atoms with Gasteiger partial charge in [0.25, 0.3) is 0 Å². The van der Waals surface area contributed by atoms with Gasteiger partial charge in [0.2, 0.25) is 0 Å². The first-order chi connectivity index (χ1) is 9.27. The van der Waals surface area contributed by atoms with Gasteiger partial charge in [-0.2, -0.15) is 0 Å². The molecule has 2 heterocycles. The highest BCUT2D eigenvalue weighted by Crippen LogP contribution is 2.50. The van der Waals surface area contributed by atoms with E-state index in [2.05, 4.69) is 16.0 Å². The summed E-state index contributed by atoms with van der Waals surface area (Å²) < 4.78 is 0. The maximum absolute atomic E-state index is 10.4. The van der Waals surface area contributed by atoms with E-state index >= 15 is 0 Å². The molecule has 0 bridgehead atoms. The molecule has 2 aromatic carbocycles. The lowest BCUT2D eigenvalue weighted by atomic mass is 10.0. The molecule has 0 atom stereocenters. The molecule has 0 amide bonds. The Bertz CT molecular complexity index is 729. The van der Waals surface area contributed by atoms with E-state index in [-0.39, 0.29) is 12.4 Å². The Labute approximate surface area is 128 Å². The molecule has 4 rings (SSSR count). The number of fused-ring (bicyclic) bond motifs is 5. The second kappa shape index (κ2) is 4.86. The Morgan fingerprint density at radius 1 is 1.25 bits per heavy atom. The van der Waals surface area contributed by atoms with Crippen LogP contribution in [0.4, 0.5) is 5.69 Å². The summed E-state index contributed by atoms with van der Waals surface area (Å²) in [6.45, 7) is 3.93. The lowest BCUT2D eigenvalue weighted by Gasteiger charge is -2.24. The number of hydrogen-bond donors (Lipinski definition) is 1. The van der Waals surface area contributed by atoms with Crippen LogP contribution in [-0.2, 0) is 0 Å². The topological polar surface area (TPSA) is 35.8 Å². The summed E-state index contributed by atoms with van der Waals surface area (Å²) in [6.07, 6.45) is 1.09. The maximum atomic E-state index is 10.4. The molecule has 0 fully saturated rings. The van der Waals surface area contributed by atoms with E-state index in [4.69, 9.17) is 0 Å². The van der Waals surface area contributed by atoms with Crippen LogP contribution < -0.4 is 4.90 Å². The quantitative estimate of drug-likeness (QED) is 0.800. The van der Waals surface area contributed by atoms with Gasteiger partial charge in [0, 0.05) is 34.3 Å². The predicted molar refractivity (Wildman–Crippen MR) is 87.7 cm³/mol. The Hall–Kier alpha value is -1.39. The molecule has 2 aliphatic rings. The molecule has 0 aliphatic carbocycles. The number of hydrogen-bond acceptors (Lipinski definition) is 4. The van der Waals surface area contributed by atoms with Gasteiger partial charge in [-0.1, -0.05) is 24.3 Å². The number of anilines is 1. The fourth-order valence-corrected chi connectivity index (χ4v) is 4.07. The van der Waals surface area contributed by atoms with Crippen molar-refractivity contribution >= 4 is 45.8 Å². The zero-order valence-corrected chi connectivity index (χ0v) is 12.7. The van der Waals surface area contributed by atoms with Crippen molar-refractivity contribution in [3.05, 3.63) is 29.8 Å². The molecule has 0 spiro atoms. The minimum atomic E-state index is 0. The van der Waals surface area contributed by atoms with Crippen LogP contribution in [0, 0.1) is 6.92 Å². The maximum Gasteiger partial charge on any atom is 0.168 e. The molecule has 0 radical (unpaired) electrons. The van der Waals surface area contributed by atoms with Crippen molar-refractivity contribution in [2.75, 3.05) is 18.0 Å². The van der Waals surface area contributed by atoms with Crippen molar-refractivity contribution < 1.29 is 5.11 Å². The minimum absolute atomic E-state index is 0. The number of thioether (sulfide) groups is 1. The molecule has 0 aromatic heterocycles. The van der Waals surface area contributed by atoms with E-state index in [1.165, 1.54) is 5.69 Å². The number of amidine groups is 1. The summed E-state index contributed by atoms with van der Waals surface area (Å²) >= 11 is 1.69. The Morgan fingerprint density at radius 3 is 2.80 bits per heavy atom. The van der Waals surface area contributed by atoms with Crippen molar-refractivity contribution in [3.63, 3.8) is 0 Å². The van der Waals surface area contributed by atoms with Crippen LogP contribution in [0.5, 0.6) is 5.75 Å². The Morgan fingerprint density at radius 2 is 2.00 bits per heavy atom. The highest BCUT2D eigenvalue weighted by atomic mass is 35.5. The van der Waals surface area contributed by atoms with E-state index in [1.807, 2.05) is 25.1 Å². The molecule has 5 heteroatoms. The van der Waals surface area contributed by atoms with Gasteiger partial charge in [-0.15, -0.1) is 12.4 Å². The average Bonchev–Trinajstić information content (AvgIpc) is 2.84. The van der Waals surface area contributed by atoms with Crippen molar-refractivity contribution in [2.45, 2.75) is 18.2 Å². The van der Waals surface area contributed by atoms with Crippen molar-refractivity contribution in [2.24, 2.45) is 4.99 Å². The van der Waals surface area contributed by atoms with Crippen LogP contribution in [0.1, 0.15) is 12.0 Å². The first-order valence-corrected chi connectivity index (χ1v) is 7.33. The minimum Gasteiger partial charge on any atom is -0.507 e. The molecule has 20 heavy (non-hydrogen) atoms. The molecule has 0 saturated carbocycles. The monoisotopic (exact) mass is 306 g/mol. The van der Waals surface area contributed by atoms with Gasteiger partial charge in [0.05, 0.1) is 5.69 Å². The fourth-order valence-electron chi connectivity index (χ4n) is 2.87. The lowest BCUT2D eigenvalue weighted by Crippen LogP contribution is -2.30. The Kier molecular flexibility index (Phi) is 3.30. The molecule has 1 N–H and O–H groups in total. The molecular weight excluding hydrogens is 292 g/mol. The zero-order valence-electron chi connectivity index (χ0n) is 11.1. The largest absolute Gasteiger partial charge is 0.507 e. The number of phenols is 1. The third-order valence-corrected chi connectivity index (χ3v) is 5.06. The van der Waals surface area contributed by atoms with E-state index in [0.717, 1.165) is 45.9 Å². The summed E-state index contributed by atoms with van der Waals surface area (Å²) in [5, 5.41) is 13.5. The van der Waals surface area contributed by atoms with Crippen LogP contribution >= 0.6 is 24.2 Å². The number of aliphatic imine (C=N–C) groups is 1. The number of phenolic OH excluding ortho intramolecular Hbond substituents is 1. The van der Waals surface area contributed by atoms with Crippen LogP contribution in [-0.4, -0.2) is 23.4 Å². The van der Waals surface area contributed by atoms with E-state index in [9.17, 15) is 5.11 Å². The van der Waals surface area contributed by atoms with Crippen LogP contribution in [0.3, 0.4) is 0 Å². The highest BCUT2D eigenvalue weighted by Gasteiger charge is 2.32. The molecule has 2 aliphatic heterocycles. The van der Waals surface area contributed by atoms with Crippen molar-refractivity contribution in [1.82, 2.24) is 0 Å². The summed E-state index contributed by atoms with van der Waals surface area (Å²) in [4.78, 5) is 8.08. The fraction of sp³-hybridized carbons (Fsp3) is 0.267. The van der Waals surface area contributed by atoms with Crippen molar-refractivity contribution in [1.29, 1.82) is 0 Å². The van der Waals surface area contributed by atoms with Gasteiger partial charge in [0.1, 0.15) is 5.75 Å². The summed E-state index contributed by atoms with van der Waals surface area (Å²) in [7, 11) is 0. The number of nitrogens with zero attached hydrogens (tertiary/aromatic N) is 2. The number of aromatic hydroxyl groups is 1. The van der Waals surface area contributed by atoms with E-state index < -0.39 is 0 Å². The van der Waals surface area contributed by atoms with Gasteiger partial charge >= 0.3 is 0 Å². The van der Waals surface area contributed by atoms with Gasteiger partial charge in [0.15, 0.2) is 5.17 Å². The smallest absolute Gasteiger partial charge is 0.168 e. The summed E-state index contributed by atoms with van der Waals surface area (Å²) in [6, 6.07) is 8.08. The number of benzene rings is 2. The summed E-state index contributed by atoms with van der Waals surface area (Å²) in [5.74, 6) is 0.405. The predicted octanol–water partition coefficient (Wildman–Crippen LogP) is 3.95. The third-order valence-electron chi connectivity index (χ3n) is 3.83. The number of rotatable bonds is 0. The van der Waals surface area contributed by atoms with Gasteiger partial charge in [-0.25, -0.2) is 0 Å². The van der Waals surface area contributed by atoms with Crippen LogP contribution in [0.15, 0.2) is 34.2 Å². The Balaban J connectivity index is 0.00000121. The van der Waals surface area contributed by atoms with E-state index in [1.54, 1.807) is 11.8 Å². The van der Waals surface area contributed by atoms with Gasteiger partial charge in [-0.3, -0.25) is 4.99 Å². The molecular formula is C15H15ClN2OS. The van der Waals surface area contributed by atoms with Crippen molar-refractivity contribution in [3.8, 4) is 5.75 Å². The molecule has 2 aromatic rings. The second-order valence-corrected chi connectivity index (χ2v) is 5.95. The zero-order chi connectivity index (χ0) is 13.0. The first-order valence-electron chi connectivity index (χ1n) is 6.51.